The highest BCUT2D eigenvalue weighted by Crippen LogP contribution is 2.26. The lowest BCUT2D eigenvalue weighted by Crippen LogP contribution is -2.01. The minimum Gasteiger partial charge on any atom is -0.490 e. The summed E-state index contributed by atoms with van der Waals surface area (Å²) in [5, 5.41) is 0. The summed E-state index contributed by atoms with van der Waals surface area (Å²) < 4.78 is 11.4. The second kappa shape index (κ2) is 10.1. The van der Waals surface area contributed by atoms with Crippen LogP contribution in [0.3, 0.4) is 0 Å². The van der Waals surface area contributed by atoms with Crippen LogP contribution >= 0.6 is 0 Å². The van der Waals surface area contributed by atoms with Gasteiger partial charge >= 0.3 is 0 Å². The standard InChI is InChI=1S/C14H22O2.B/c1-3-5-11-15-13-9-7-8-10-14(13)16-12-6-4-2;/h7-10H,3-6,11-12H2,1-2H3;. The lowest BCUT2D eigenvalue weighted by Gasteiger charge is -2.11. The third kappa shape index (κ3) is 6.25. The van der Waals surface area contributed by atoms with E-state index in [1.165, 1.54) is 0 Å². The first kappa shape index (κ1) is 15.9. The van der Waals surface area contributed by atoms with Crippen molar-refractivity contribution in [1.82, 2.24) is 0 Å². The number of hydrogen-bond donors (Lipinski definition) is 0. The molecule has 0 heterocycles. The summed E-state index contributed by atoms with van der Waals surface area (Å²) >= 11 is 0. The van der Waals surface area contributed by atoms with E-state index >= 15 is 0 Å². The van der Waals surface area contributed by atoms with E-state index in [-0.39, 0.29) is 8.41 Å². The fourth-order valence-corrected chi connectivity index (χ4v) is 1.34. The van der Waals surface area contributed by atoms with Crippen LogP contribution in [0.2, 0.25) is 0 Å². The van der Waals surface area contributed by atoms with Gasteiger partial charge in [-0.25, -0.2) is 0 Å². The first-order valence-electron chi connectivity index (χ1n) is 6.23. The molecule has 0 aliphatic heterocycles. The van der Waals surface area contributed by atoms with Crippen molar-refractivity contribution >= 4 is 8.41 Å². The number of ether oxygens (including phenoxy) is 2. The Labute approximate surface area is 107 Å². The predicted octanol–water partition coefficient (Wildman–Crippen LogP) is 3.66. The summed E-state index contributed by atoms with van der Waals surface area (Å²) in [5.41, 5.74) is 0. The van der Waals surface area contributed by atoms with E-state index in [0.29, 0.717) is 0 Å². The van der Waals surface area contributed by atoms with Crippen LogP contribution in [0, 0.1) is 0 Å². The zero-order valence-corrected chi connectivity index (χ0v) is 10.9. The van der Waals surface area contributed by atoms with Crippen LogP contribution in [0.15, 0.2) is 24.3 Å². The van der Waals surface area contributed by atoms with Crippen LogP contribution in [0.1, 0.15) is 39.5 Å². The van der Waals surface area contributed by atoms with Gasteiger partial charge in [0.25, 0.3) is 0 Å². The van der Waals surface area contributed by atoms with Gasteiger partial charge in [0, 0.05) is 8.41 Å². The lowest BCUT2D eigenvalue weighted by molar-refractivity contribution is 0.262. The Morgan fingerprint density at radius 3 is 1.59 bits per heavy atom. The maximum atomic E-state index is 5.68. The Morgan fingerprint density at radius 1 is 0.824 bits per heavy atom. The SMILES string of the molecule is CCCCOc1ccccc1OCCCC.[B]. The van der Waals surface area contributed by atoms with E-state index in [1.807, 2.05) is 24.3 Å². The smallest absolute Gasteiger partial charge is 0.161 e. The molecular formula is C14H22BO2. The molecule has 0 amide bonds. The minimum atomic E-state index is 0. The van der Waals surface area contributed by atoms with Crippen molar-refractivity contribution in [2.24, 2.45) is 0 Å². The summed E-state index contributed by atoms with van der Waals surface area (Å²) in [4.78, 5) is 0. The summed E-state index contributed by atoms with van der Waals surface area (Å²) in [6.07, 6.45) is 4.48. The van der Waals surface area contributed by atoms with Crippen LogP contribution in [0.5, 0.6) is 11.5 Å². The Hall–Kier alpha value is -1.12. The van der Waals surface area contributed by atoms with Gasteiger partial charge < -0.3 is 9.47 Å². The molecule has 1 aromatic carbocycles. The molecule has 0 fully saturated rings. The molecular weight excluding hydrogens is 211 g/mol. The third-order valence-corrected chi connectivity index (χ3v) is 2.36. The first-order chi connectivity index (χ1) is 7.88. The molecule has 0 atom stereocenters. The molecule has 2 nitrogen and oxygen atoms in total. The molecule has 0 aliphatic carbocycles. The molecule has 3 radical (unpaired) electrons. The molecule has 93 valence electrons. The fourth-order valence-electron chi connectivity index (χ4n) is 1.34. The summed E-state index contributed by atoms with van der Waals surface area (Å²) in [6, 6.07) is 7.90. The largest absolute Gasteiger partial charge is 0.490 e. The van der Waals surface area contributed by atoms with Crippen LogP contribution in [-0.2, 0) is 0 Å². The number of para-hydroxylation sites is 2. The molecule has 1 aromatic rings. The molecule has 3 heteroatoms. The average Bonchev–Trinajstić information content (AvgIpc) is 2.32. The Kier molecular flexibility index (Phi) is 9.41. The zero-order valence-electron chi connectivity index (χ0n) is 10.9. The number of benzene rings is 1. The van der Waals surface area contributed by atoms with Crippen LogP contribution in [0.25, 0.3) is 0 Å². The molecule has 0 spiro atoms. The van der Waals surface area contributed by atoms with Crippen molar-refractivity contribution in [3.63, 3.8) is 0 Å². The van der Waals surface area contributed by atoms with E-state index in [4.69, 9.17) is 9.47 Å². The average molecular weight is 233 g/mol. The van der Waals surface area contributed by atoms with Crippen molar-refractivity contribution in [2.45, 2.75) is 39.5 Å². The highest BCUT2D eigenvalue weighted by molar-refractivity contribution is 5.75. The zero-order chi connectivity index (χ0) is 11.6. The van der Waals surface area contributed by atoms with Crippen LogP contribution in [-0.4, -0.2) is 21.6 Å². The highest BCUT2D eigenvalue weighted by atomic mass is 16.5. The molecule has 0 bridgehead atoms. The van der Waals surface area contributed by atoms with Crippen LogP contribution < -0.4 is 9.47 Å². The minimum absolute atomic E-state index is 0. The first-order valence-corrected chi connectivity index (χ1v) is 6.23. The van der Waals surface area contributed by atoms with E-state index in [9.17, 15) is 0 Å². The summed E-state index contributed by atoms with van der Waals surface area (Å²) in [6.45, 7) is 5.86. The second-order valence-electron chi connectivity index (χ2n) is 3.85. The fraction of sp³-hybridized carbons (Fsp3) is 0.571. The Morgan fingerprint density at radius 2 is 1.24 bits per heavy atom. The highest BCUT2D eigenvalue weighted by Gasteiger charge is 2.02. The molecule has 0 saturated heterocycles. The van der Waals surface area contributed by atoms with Crippen molar-refractivity contribution in [3.05, 3.63) is 24.3 Å². The van der Waals surface area contributed by atoms with Crippen molar-refractivity contribution in [2.75, 3.05) is 13.2 Å². The predicted molar refractivity (Wildman–Crippen MR) is 73.0 cm³/mol. The van der Waals surface area contributed by atoms with E-state index < -0.39 is 0 Å². The van der Waals surface area contributed by atoms with Gasteiger partial charge in [0.15, 0.2) is 11.5 Å². The molecule has 1 rings (SSSR count). The van der Waals surface area contributed by atoms with Gasteiger partial charge in [0.1, 0.15) is 0 Å². The monoisotopic (exact) mass is 233 g/mol. The Balaban J connectivity index is 0.00000256. The molecule has 17 heavy (non-hydrogen) atoms. The van der Waals surface area contributed by atoms with Crippen molar-refractivity contribution in [1.29, 1.82) is 0 Å². The van der Waals surface area contributed by atoms with E-state index in [2.05, 4.69) is 13.8 Å². The molecule has 0 aliphatic rings. The normalized spacial score (nSPS) is 9.53. The quantitative estimate of drug-likeness (QED) is 0.503. The van der Waals surface area contributed by atoms with Gasteiger partial charge in [0.05, 0.1) is 13.2 Å². The molecule has 0 N–H and O–H groups in total. The second-order valence-corrected chi connectivity index (χ2v) is 3.85. The van der Waals surface area contributed by atoms with Crippen LogP contribution in [0.4, 0.5) is 0 Å². The molecule has 0 unspecified atom stereocenters. The van der Waals surface area contributed by atoms with Gasteiger partial charge in [-0.05, 0) is 25.0 Å². The number of unbranched alkanes of at least 4 members (excludes halogenated alkanes) is 2. The van der Waals surface area contributed by atoms with E-state index in [0.717, 1.165) is 50.4 Å². The molecule has 0 saturated carbocycles. The lowest BCUT2D eigenvalue weighted by atomic mass is 10.3. The van der Waals surface area contributed by atoms with Crippen molar-refractivity contribution < 1.29 is 9.47 Å². The van der Waals surface area contributed by atoms with Gasteiger partial charge in [0.2, 0.25) is 0 Å². The Bertz CT molecular complexity index is 260. The maximum absolute atomic E-state index is 5.68. The van der Waals surface area contributed by atoms with E-state index in [1.54, 1.807) is 0 Å². The number of rotatable bonds is 8. The number of hydrogen-bond acceptors (Lipinski definition) is 2. The van der Waals surface area contributed by atoms with Crippen molar-refractivity contribution in [3.8, 4) is 11.5 Å². The van der Waals surface area contributed by atoms with Gasteiger partial charge in [-0.3, -0.25) is 0 Å². The van der Waals surface area contributed by atoms with Gasteiger partial charge in [-0.2, -0.15) is 0 Å². The van der Waals surface area contributed by atoms with Gasteiger partial charge in [-0.15, -0.1) is 0 Å². The summed E-state index contributed by atoms with van der Waals surface area (Å²) in [7, 11) is 0. The molecule has 0 aromatic heterocycles. The van der Waals surface area contributed by atoms with Gasteiger partial charge in [-0.1, -0.05) is 38.8 Å². The third-order valence-electron chi connectivity index (χ3n) is 2.36. The summed E-state index contributed by atoms with van der Waals surface area (Å²) in [5.74, 6) is 1.74. The topological polar surface area (TPSA) is 18.5 Å². The maximum Gasteiger partial charge on any atom is 0.161 e.